The highest BCUT2D eigenvalue weighted by atomic mass is 32.1. The van der Waals surface area contributed by atoms with Crippen molar-refractivity contribution in [3.05, 3.63) is 33.6 Å². The van der Waals surface area contributed by atoms with Gasteiger partial charge in [0.2, 0.25) is 0 Å². The lowest BCUT2D eigenvalue weighted by Crippen LogP contribution is -2.48. The second-order valence-electron chi connectivity index (χ2n) is 9.91. The van der Waals surface area contributed by atoms with Gasteiger partial charge in [0.05, 0.1) is 22.8 Å². The fourth-order valence-electron chi connectivity index (χ4n) is 5.23. The van der Waals surface area contributed by atoms with Crippen LogP contribution in [0.3, 0.4) is 0 Å². The summed E-state index contributed by atoms with van der Waals surface area (Å²) < 4.78 is 1.95. The summed E-state index contributed by atoms with van der Waals surface area (Å²) in [5.74, 6) is 0.161. The minimum absolute atomic E-state index is 0.161. The van der Waals surface area contributed by atoms with Crippen LogP contribution in [0.15, 0.2) is 18.3 Å². The highest BCUT2D eigenvalue weighted by molar-refractivity contribution is 7.12. The van der Waals surface area contributed by atoms with Crippen molar-refractivity contribution in [1.29, 1.82) is 0 Å². The third-order valence-electron chi connectivity index (χ3n) is 7.18. The van der Waals surface area contributed by atoms with E-state index in [2.05, 4.69) is 55.6 Å². The van der Waals surface area contributed by atoms with Gasteiger partial charge in [-0.25, -0.2) is 9.67 Å². The maximum atomic E-state index is 14.2. The molecule has 0 radical (unpaired) electrons. The molecule has 0 atom stereocenters. The number of rotatable bonds is 6. The molecule has 4 heterocycles. The van der Waals surface area contributed by atoms with Crippen LogP contribution in [0, 0.1) is 13.8 Å². The zero-order valence-corrected chi connectivity index (χ0v) is 21.3. The molecule has 1 saturated heterocycles. The predicted octanol–water partition coefficient (Wildman–Crippen LogP) is 5.45. The molecule has 3 aromatic rings. The van der Waals surface area contributed by atoms with Crippen molar-refractivity contribution in [2.45, 2.75) is 78.4 Å². The van der Waals surface area contributed by atoms with Gasteiger partial charge in [0.25, 0.3) is 5.91 Å². The molecule has 0 N–H and O–H groups in total. The molecule has 176 valence electrons. The van der Waals surface area contributed by atoms with Crippen LogP contribution in [-0.2, 0) is 0 Å². The van der Waals surface area contributed by atoms with Crippen LogP contribution in [0.2, 0.25) is 0 Å². The number of fused-ring (bicyclic) bond motifs is 1. The van der Waals surface area contributed by atoms with Gasteiger partial charge in [-0.05, 0) is 72.1 Å². The molecule has 2 fully saturated rings. The third kappa shape index (κ3) is 4.21. The van der Waals surface area contributed by atoms with E-state index in [1.54, 1.807) is 11.3 Å². The van der Waals surface area contributed by atoms with Crippen LogP contribution in [0.4, 0.5) is 0 Å². The first-order valence-corrected chi connectivity index (χ1v) is 13.2. The van der Waals surface area contributed by atoms with Gasteiger partial charge < -0.3 is 9.80 Å². The van der Waals surface area contributed by atoms with Gasteiger partial charge >= 0.3 is 0 Å². The van der Waals surface area contributed by atoms with Crippen molar-refractivity contribution in [3.8, 4) is 11.3 Å². The molecule has 2 aliphatic rings. The Kier molecular flexibility index (Phi) is 6.04. The highest BCUT2D eigenvalue weighted by Crippen LogP contribution is 2.37. The van der Waals surface area contributed by atoms with Crippen LogP contribution < -0.4 is 0 Å². The quantitative estimate of drug-likeness (QED) is 0.486. The molecule has 3 aromatic heterocycles. The summed E-state index contributed by atoms with van der Waals surface area (Å²) in [7, 11) is 0. The Hall–Kier alpha value is -2.25. The van der Waals surface area contributed by atoms with E-state index in [4.69, 9.17) is 4.98 Å². The Morgan fingerprint density at radius 2 is 1.85 bits per heavy atom. The minimum Gasteiger partial charge on any atom is -0.333 e. The molecule has 1 saturated carbocycles. The topological polar surface area (TPSA) is 54.3 Å². The number of aryl methyl sites for hydroxylation is 2. The van der Waals surface area contributed by atoms with Crippen LogP contribution in [0.1, 0.15) is 72.6 Å². The second kappa shape index (κ2) is 8.84. The zero-order chi connectivity index (χ0) is 23.3. The van der Waals surface area contributed by atoms with Gasteiger partial charge in [0, 0.05) is 46.5 Å². The van der Waals surface area contributed by atoms with Gasteiger partial charge in [0.1, 0.15) is 0 Å². The fourth-order valence-corrected chi connectivity index (χ4v) is 6.16. The van der Waals surface area contributed by atoms with Crippen LogP contribution in [-0.4, -0.2) is 62.2 Å². The molecule has 7 heteroatoms. The Morgan fingerprint density at radius 1 is 1.15 bits per heavy atom. The molecule has 0 unspecified atom stereocenters. The number of hydrogen-bond acceptors (Lipinski definition) is 5. The van der Waals surface area contributed by atoms with Crippen molar-refractivity contribution in [1.82, 2.24) is 24.6 Å². The number of aromatic nitrogens is 3. The van der Waals surface area contributed by atoms with Gasteiger partial charge in [-0.2, -0.15) is 5.10 Å². The molecular formula is C26H35N5OS. The summed E-state index contributed by atoms with van der Waals surface area (Å²) in [5, 5.41) is 5.51. The summed E-state index contributed by atoms with van der Waals surface area (Å²) in [6.07, 6.45) is 6.20. The molecule has 0 aromatic carbocycles. The van der Waals surface area contributed by atoms with Crippen LogP contribution in [0.5, 0.6) is 0 Å². The number of amides is 1. The first-order chi connectivity index (χ1) is 15.9. The SMILES string of the molecule is CCN1CCC(N(C(=O)c2cc(-c3cc(C)sc3C)nc3c2cnn3C(C)C)C2CC2)CC1. The standard InChI is InChI=1S/C26H35N5OS/c1-6-29-11-9-20(10-12-29)30(19-7-8-19)26(32)22-14-24(21-13-17(4)33-18(21)5)28-25-23(22)15-27-31(25)16(2)3/h13-16,19-20H,6-12H2,1-5H3. The number of carbonyl (C=O) groups is 1. The molecule has 6 nitrogen and oxygen atoms in total. The van der Waals surface area contributed by atoms with E-state index in [1.165, 1.54) is 9.75 Å². The zero-order valence-electron chi connectivity index (χ0n) is 20.5. The van der Waals surface area contributed by atoms with Gasteiger partial charge in [-0.15, -0.1) is 11.3 Å². The van der Waals surface area contributed by atoms with Gasteiger partial charge in [0.15, 0.2) is 5.65 Å². The summed E-state index contributed by atoms with van der Waals surface area (Å²) in [6.45, 7) is 14.0. The largest absolute Gasteiger partial charge is 0.333 e. The average Bonchev–Trinajstić information content (AvgIpc) is 3.43. The second-order valence-corrected chi connectivity index (χ2v) is 11.4. The van der Waals surface area contributed by atoms with E-state index in [-0.39, 0.29) is 11.9 Å². The van der Waals surface area contributed by atoms with Crippen molar-refractivity contribution < 1.29 is 4.79 Å². The first-order valence-electron chi connectivity index (χ1n) is 12.4. The lowest BCUT2D eigenvalue weighted by molar-refractivity contribution is 0.0556. The van der Waals surface area contributed by atoms with E-state index in [0.29, 0.717) is 12.1 Å². The average molecular weight is 466 g/mol. The predicted molar refractivity (Wildman–Crippen MR) is 135 cm³/mol. The van der Waals surface area contributed by atoms with E-state index in [0.717, 1.165) is 73.2 Å². The Bertz CT molecular complexity index is 1170. The Morgan fingerprint density at radius 3 is 2.42 bits per heavy atom. The summed E-state index contributed by atoms with van der Waals surface area (Å²) in [4.78, 5) is 26.4. The number of likely N-dealkylation sites (tertiary alicyclic amines) is 1. The minimum atomic E-state index is 0.161. The molecule has 5 rings (SSSR count). The Balaban J connectivity index is 1.60. The summed E-state index contributed by atoms with van der Waals surface area (Å²) >= 11 is 1.78. The number of thiophene rings is 1. The molecule has 0 spiro atoms. The van der Waals surface area contributed by atoms with Gasteiger partial charge in [-0.1, -0.05) is 6.92 Å². The lowest BCUT2D eigenvalue weighted by Gasteiger charge is -2.38. The van der Waals surface area contributed by atoms with Crippen molar-refractivity contribution >= 4 is 28.3 Å². The molecule has 1 aliphatic carbocycles. The maximum absolute atomic E-state index is 14.2. The Labute approximate surface area is 200 Å². The first kappa shape index (κ1) is 22.5. The van der Waals surface area contributed by atoms with Crippen molar-refractivity contribution in [2.24, 2.45) is 0 Å². The fraction of sp³-hybridized carbons (Fsp3) is 0.577. The smallest absolute Gasteiger partial charge is 0.255 e. The molecule has 1 amide bonds. The normalized spacial score (nSPS) is 17.9. The molecular weight excluding hydrogens is 430 g/mol. The van der Waals surface area contributed by atoms with E-state index < -0.39 is 0 Å². The molecule has 1 aliphatic heterocycles. The van der Waals surface area contributed by atoms with Crippen molar-refractivity contribution in [3.63, 3.8) is 0 Å². The van der Waals surface area contributed by atoms with E-state index in [1.807, 2.05) is 16.9 Å². The molecule has 33 heavy (non-hydrogen) atoms. The van der Waals surface area contributed by atoms with Crippen molar-refractivity contribution in [2.75, 3.05) is 19.6 Å². The molecule has 0 bridgehead atoms. The van der Waals surface area contributed by atoms with Gasteiger partial charge in [-0.3, -0.25) is 4.79 Å². The van der Waals surface area contributed by atoms with Crippen LogP contribution >= 0.6 is 11.3 Å². The van der Waals surface area contributed by atoms with E-state index in [9.17, 15) is 4.79 Å². The third-order valence-corrected chi connectivity index (χ3v) is 8.14. The summed E-state index contributed by atoms with van der Waals surface area (Å²) in [5.41, 5.74) is 3.58. The highest BCUT2D eigenvalue weighted by Gasteiger charge is 2.39. The summed E-state index contributed by atoms with van der Waals surface area (Å²) in [6, 6.07) is 5.11. The number of carbonyl (C=O) groups excluding carboxylic acids is 1. The number of pyridine rings is 1. The lowest BCUT2D eigenvalue weighted by atomic mass is 10.00. The number of piperidine rings is 1. The monoisotopic (exact) mass is 465 g/mol. The number of hydrogen-bond donors (Lipinski definition) is 0. The number of nitrogens with zero attached hydrogens (tertiary/aromatic N) is 5. The van der Waals surface area contributed by atoms with Crippen LogP contribution in [0.25, 0.3) is 22.3 Å². The maximum Gasteiger partial charge on any atom is 0.255 e. The van der Waals surface area contributed by atoms with E-state index >= 15 is 0 Å².